The Morgan fingerprint density at radius 2 is 1.95 bits per heavy atom. The Bertz CT molecular complexity index is 1670. The van der Waals surface area contributed by atoms with E-state index in [1.54, 1.807) is 12.4 Å². The predicted molar refractivity (Wildman–Crippen MR) is 161 cm³/mol. The molecule has 4 aliphatic rings. The molecule has 3 aromatic heterocycles. The maximum absolute atomic E-state index is 16.7. The van der Waals surface area contributed by atoms with Gasteiger partial charge in [0.25, 0.3) is 0 Å². The van der Waals surface area contributed by atoms with Gasteiger partial charge in [-0.2, -0.15) is 15.1 Å². The van der Waals surface area contributed by atoms with E-state index in [4.69, 9.17) is 19.2 Å². The average Bonchev–Trinajstić information content (AvgIpc) is 3.65. The molecule has 10 nitrogen and oxygen atoms in total. The SMILES string of the molecule is Fc1c(-c2cccc3c2cnn3C2CCCCO2)ncc2c(N3CCCOCC3)nc(OCC34CCCN3CC(F)C4)nc12. The second kappa shape index (κ2) is 11.5. The fraction of sp³-hybridized carbons (Fsp3) is 0.562. The van der Waals surface area contributed by atoms with Crippen LogP contribution in [-0.2, 0) is 9.47 Å². The first kappa shape index (κ1) is 28.0. The second-order valence-electron chi connectivity index (χ2n) is 12.5. The third-order valence-electron chi connectivity index (χ3n) is 9.72. The van der Waals surface area contributed by atoms with E-state index in [2.05, 4.69) is 24.9 Å². The first-order valence-corrected chi connectivity index (χ1v) is 15.9. The van der Waals surface area contributed by atoms with Gasteiger partial charge in [0, 0.05) is 56.4 Å². The molecule has 3 atom stereocenters. The topological polar surface area (TPSA) is 90.7 Å². The van der Waals surface area contributed by atoms with Crippen LogP contribution in [0.15, 0.2) is 30.6 Å². The monoisotopic (exact) mass is 605 g/mol. The third-order valence-corrected chi connectivity index (χ3v) is 9.72. The van der Waals surface area contributed by atoms with Crippen molar-refractivity contribution < 1.29 is 23.0 Å². The Morgan fingerprint density at radius 1 is 1.00 bits per heavy atom. The maximum Gasteiger partial charge on any atom is 0.319 e. The van der Waals surface area contributed by atoms with Crippen molar-refractivity contribution in [3.05, 3.63) is 36.4 Å². The van der Waals surface area contributed by atoms with Gasteiger partial charge in [0.1, 0.15) is 29.8 Å². The Labute approximate surface area is 254 Å². The molecule has 44 heavy (non-hydrogen) atoms. The summed E-state index contributed by atoms with van der Waals surface area (Å²) in [5, 5.41) is 5.95. The van der Waals surface area contributed by atoms with Crippen LogP contribution in [0.5, 0.6) is 6.01 Å². The predicted octanol–water partition coefficient (Wildman–Crippen LogP) is 5.06. The van der Waals surface area contributed by atoms with Crippen molar-refractivity contribution in [1.29, 1.82) is 0 Å². The second-order valence-corrected chi connectivity index (χ2v) is 12.5. The molecule has 8 rings (SSSR count). The molecule has 4 fully saturated rings. The van der Waals surface area contributed by atoms with Gasteiger partial charge in [-0.05, 0) is 51.1 Å². The van der Waals surface area contributed by atoms with Gasteiger partial charge in [-0.15, -0.1) is 0 Å². The number of ether oxygens (including phenoxy) is 3. The van der Waals surface area contributed by atoms with Crippen LogP contribution in [0.1, 0.15) is 51.2 Å². The van der Waals surface area contributed by atoms with E-state index in [0.29, 0.717) is 62.6 Å². The minimum atomic E-state index is -0.869. The Balaban J connectivity index is 1.20. The molecular formula is C32H37F2N7O3. The van der Waals surface area contributed by atoms with E-state index in [0.717, 1.165) is 56.0 Å². The molecule has 0 aliphatic carbocycles. The van der Waals surface area contributed by atoms with E-state index >= 15 is 4.39 Å². The van der Waals surface area contributed by atoms with Crippen LogP contribution in [0.3, 0.4) is 0 Å². The van der Waals surface area contributed by atoms with E-state index in [-0.39, 0.29) is 35.6 Å². The van der Waals surface area contributed by atoms with Gasteiger partial charge in [0.05, 0.1) is 29.2 Å². The largest absolute Gasteiger partial charge is 0.461 e. The summed E-state index contributed by atoms with van der Waals surface area (Å²) in [6, 6.07) is 5.83. The standard InChI is InChI=1S/C32H37F2N7O3/c33-21-16-32(9-4-11-40(32)19-21)20-44-31-37-29-24(30(38-31)39-10-5-13-42-15-12-39)17-35-28(27(29)34)22-6-3-7-25-23(22)18-36-41(25)26-8-1-2-14-43-26/h3,6-7,17-18,21,26H,1-2,4-5,8-16,19-20H2. The van der Waals surface area contributed by atoms with Crippen molar-refractivity contribution in [2.24, 2.45) is 0 Å². The smallest absolute Gasteiger partial charge is 0.319 e. The van der Waals surface area contributed by atoms with E-state index in [1.807, 2.05) is 22.9 Å². The summed E-state index contributed by atoms with van der Waals surface area (Å²) in [5.41, 5.74) is 1.48. The number of hydrogen-bond acceptors (Lipinski definition) is 9. The molecule has 0 amide bonds. The highest BCUT2D eigenvalue weighted by Gasteiger charge is 2.49. The van der Waals surface area contributed by atoms with Crippen molar-refractivity contribution >= 4 is 27.6 Å². The Kier molecular flexibility index (Phi) is 7.30. The summed E-state index contributed by atoms with van der Waals surface area (Å²) >= 11 is 0. The molecule has 0 N–H and O–H groups in total. The number of hydrogen-bond donors (Lipinski definition) is 0. The summed E-state index contributed by atoms with van der Waals surface area (Å²) in [7, 11) is 0. The third kappa shape index (κ3) is 4.87. The first-order chi connectivity index (χ1) is 21.6. The van der Waals surface area contributed by atoms with Crippen molar-refractivity contribution in [3.63, 3.8) is 0 Å². The molecular weight excluding hydrogens is 568 g/mol. The van der Waals surface area contributed by atoms with Crippen molar-refractivity contribution in [2.75, 3.05) is 57.5 Å². The summed E-state index contributed by atoms with van der Waals surface area (Å²) in [6.45, 7) is 4.78. The van der Waals surface area contributed by atoms with Crippen molar-refractivity contribution in [2.45, 2.75) is 62.9 Å². The quantitative estimate of drug-likeness (QED) is 0.299. The van der Waals surface area contributed by atoms with Gasteiger partial charge in [-0.1, -0.05) is 12.1 Å². The Hall–Kier alpha value is -3.48. The lowest BCUT2D eigenvalue weighted by molar-refractivity contribution is -0.0366. The van der Waals surface area contributed by atoms with Gasteiger partial charge >= 0.3 is 6.01 Å². The molecule has 0 radical (unpaired) electrons. The van der Waals surface area contributed by atoms with Gasteiger partial charge in [-0.3, -0.25) is 9.88 Å². The molecule has 0 spiro atoms. The van der Waals surface area contributed by atoms with E-state index < -0.39 is 12.0 Å². The molecule has 3 unspecified atom stereocenters. The fourth-order valence-corrected chi connectivity index (χ4v) is 7.54. The van der Waals surface area contributed by atoms with Gasteiger partial charge in [-0.25, -0.2) is 13.5 Å². The molecule has 4 saturated heterocycles. The fourth-order valence-electron chi connectivity index (χ4n) is 7.54. The molecule has 12 heteroatoms. The number of anilines is 1. The normalized spacial score (nSPS) is 26.4. The lowest BCUT2D eigenvalue weighted by atomic mass is 9.95. The number of benzene rings is 1. The highest BCUT2D eigenvalue weighted by atomic mass is 19.1. The van der Waals surface area contributed by atoms with Crippen molar-refractivity contribution in [3.8, 4) is 17.3 Å². The number of fused-ring (bicyclic) bond motifs is 3. The molecule has 4 aliphatic heterocycles. The zero-order valence-corrected chi connectivity index (χ0v) is 24.8. The first-order valence-electron chi connectivity index (χ1n) is 15.9. The summed E-state index contributed by atoms with van der Waals surface area (Å²) in [6.07, 6.45) is 8.55. The number of aromatic nitrogens is 5. The van der Waals surface area contributed by atoms with E-state index in [9.17, 15) is 4.39 Å². The zero-order chi connectivity index (χ0) is 29.7. The number of rotatable bonds is 6. The highest BCUT2D eigenvalue weighted by molar-refractivity contribution is 5.97. The number of halogens is 2. The number of nitrogens with zero attached hydrogens (tertiary/aromatic N) is 7. The number of pyridine rings is 1. The van der Waals surface area contributed by atoms with Crippen LogP contribution in [-0.4, -0.2) is 93.9 Å². The molecule has 4 aromatic rings. The van der Waals surface area contributed by atoms with Crippen LogP contribution in [0.25, 0.3) is 33.1 Å². The average molecular weight is 606 g/mol. The lowest BCUT2D eigenvalue weighted by Gasteiger charge is -2.31. The number of alkyl halides is 1. The summed E-state index contributed by atoms with van der Waals surface area (Å²) in [5.74, 6) is 0.0334. The van der Waals surface area contributed by atoms with Crippen LogP contribution in [0, 0.1) is 5.82 Å². The molecule has 1 aromatic carbocycles. The van der Waals surface area contributed by atoms with E-state index in [1.165, 1.54) is 0 Å². The molecule has 7 heterocycles. The minimum absolute atomic E-state index is 0.0951. The van der Waals surface area contributed by atoms with Gasteiger partial charge in [0.2, 0.25) is 0 Å². The molecule has 0 bridgehead atoms. The van der Waals surface area contributed by atoms with Crippen molar-refractivity contribution in [1.82, 2.24) is 29.6 Å². The lowest BCUT2D eigenvalue weighted by Crippen LogP contribution is -2.43. The van der Waals surface area contributed by atoms with Crippen LogP contribution in [0.2, 0.25) is 0 Å². The zero-order valence-electron chi connectivity index (χ0n) is 24.8. The van der Waals surface area contributed by atoms with Crippen LogP contribution < -0.4 is 9.64 Å². The molecule has 232 valence electrons. The van der Waals surface area contributed by atoms with Crippen LogP contribution in [0.4, 0.5) is 14.6 Å². The maximum atomic E-state index is 16.7. The summed E-state index contributed by atoms with van der Waals surface area (Å²) in [4.78, 5) is 18.4. The minimum Gasteiger partial charge on any atom is -0.461 e. The van der Waals surface area contributed by atoms with Gasteiger partial charge < -0.3 is 19.1 Å². The Morgan fingerprint density at radius 3 is 2.86 bits per heavy atom. The van der Waals surface area contributed by atoms with Crippen LogP contribution >= 0.6 is 0 Å². The highest BCUT2D eigenvalue weighted by Crippen LogP contribution is 2.41. The molecule has 0 saturated carbocycles. The van der Waals surface area contributed by atoms with Gasteiger partial charge in [0.15, 0.2) is 12.0 Å². The summed E-state index contributed by atoms with van der Waals surface area (Å²) < 4.78 is 50.9.